The van der Waals surface area contributed by atoms with Crippen LogP contribution in [0.4, 0.5) is 11.5 Å². The van der Waals surface area contributed by atoms with Crippen LogP contribution in [0.25, 0.3) is 0 Å². The van der Waals surface area contributed by atoms with Crippen LogP contribution >= 0.6 is 0 Å². The maximum Gasteiger partial charge on any atom is 0.251 e. The molecule has 6 nitrogen and oxygen atoms in total. The van der Waals surface area contributed by atoms with E-state index >= 15 is 0 Å². The summed E-state index contributed by atoms with van der Waals surface area (Å²) in [5, 5.41) is 5.85. The fourth-order valence-electron chi connectivity index (χ4n) is 4.31. The second-order valence-electron chi connectivity index (χ2n) is 9.03. The van der Waals surface area contributed by atoms with Crippen molar-refractivity contribution >= 4 is 23.3 Å². The first-order valence-electron chi connectivity index (χ1n) is 11.5. The summed E-state index contributed by atoms with van der Waals surface area (Å²) in [6.07, 6.45) is 3.81. The summed E-state index contributed by atoms with van der Waals surface area (Å²) in [6.45, 7) is 4.31. The number of hydrogen-bond donors (Lipinski definition) is 2. The first kappa shape index (κ1) is 21.2. The molecule has 1 aliphatic carbocycles. The molecule has 0 saturated heterocycles. The number of hydrogen-bond acceptors (Lipinski definition) is 4. The Morgan fingerprint density at radius 3 is 2.48 bits per heavy atom. The van der Waals surface area contributed by atoms with Gasteiger partial charge in [0.2, 0.25) is 5.91 Å². The van der Waals surface area contributed by atoms with Gasteiger partial charge in [0.1, 0.15) is 5.82 Å². The molecule has 2 aliphatic rings. The van der Waals surface area contributed by atoms with Crippen molar-refractivity contribution in [2.45, 2.75) is 32.9 Å². The lowest BCUT2D eigenvalue weighted by molar-refractivity contribution is -0.117. The van der Waals surface area contributed by atoms with Crippen LogP contribution < -0.4 is 15.5 Å². The fraction of sp³-hybridized carbons (Fsp3) is 0.296. The van der Waals surface area contributed by atoms with Crippen molar-refractivity contribution in [2.24, 2.45) is 11.8 Å². The van der Waals surface area contributed by atoms with Gasteiger partial charge in [0.15, 0.2) is 0 Å². The highest BCUT2D eigenvalue weighted by molar-refractivity contribution is 5.96. The van der Waals surface area contributed by atoms with Crippen LogP contribution in [0.15, 0.2) is 66.9 Å². The van der Waals surface area contributed by atoms with Crippen LogP contribution in [0.2, 0.25) is 0 Å². The molecule has 0 radical (unpaired) electrons. The van der Waals surface area contributed by atoms with Crippen LogP contribution in [0.5, 0.6) is 0 Å². The summed E-state index contributed by atoms with van der Waals surface area (Å²) in [5.74, 6) is 1.46. The summed E-state index contributed by atoms with van der Waals surface area (Å²) in [4.78, 5) is 31.5. The van der Waals surface area contributed by atoms with Gasteiger partial charge < -0.3 is 15.5 Å². The molecule has 2 N–H and O–H groups in total. The molecule has 2 unspecified atom stereocenters. The van der Waals surface area contributed by atoms with Gasteiger partial charge in [-0.25, -0.2) is 4.98 Å². The topological polar surface area (TPSA) is 74.3 Å². The van der Waals surface area contributed by atoms with E-state index in [9.17, 15) is 9.59 Å². The number of amides is 2. The standard InChI is InChI=1S/C27H28N4O2/c1-18-14-24(18)27(33)30-23-9-7-21(8-10-23)26(32)29-16-19-6-11-25(28-15-19)31-13-12-20-4-2-3-5-22(20)17-31/h2-11,15,18,24H,12-14,16-17H2,1H3,(H,29,32)(H,30,33). The molecule has 6 heteroatoms. The molecule has 0 bridgehead atoms. The average Bonchev–Trinajstić information content (AvgIpc) is 3.60. The zero-order valence-electron chi connectivity index (χ0n) is 18.8. The van der Waals surface area contributed by atoms with E-state index in [1.54, 1.807) is 24.3 Å². The van der Waals surface area contributed by atoms with Gasteiger partial charge in [-0.05, 0) is 65.8 Å². The summed E-state index contributed by atoms with van der Waals surface area (Å²) in [5.41, 5.74) is 5.00. The molecule has 2 heterocycles. The van der Waals surface area contributed by atoms with Crippen LogP contribution in [0, 0.1) is 11.8 Å². The minimum atomic E-state index is -0.152. The number of nitrogens with zero attached hydrogens (tertiary/aromatic N) is 2. The van der Waals surface area contributed by atoms with E-state index in [2.05, 4.69) is 51.7 Å². The Morgan fingerprint density at radius 2 is 1.79 bits per heavy atom. The third-order valence-electron chi connectivity index (χ3n) is 6.58. The monoisotopic (exact) mass is 440 g/mol. The second kappa shape index (κ2) is 9.06. The first-order chi connectivity index (χ1) is 16.1. The van der Waals surface area contributed by atoms with Crippen molar-refractivity contribution in [3.8, 4) is 0 Å². The van der Waals surface area contributed by atoms with Gasteiger partial charge in [-0.3, -0.25) is 9.59 Å². The molecular formula is C27H28N4O2. The van der Waals surface area contributed by atoms with Crippen molar-refractivity contribution < 1.29 is 9.59 Å². The lowest BCUT2D eigenvalue weighted by atomic mass is 10.00. The van der Waals surface area contributed by atoms with Crippen molar-refractivity contribution in [1.29, 1.82) is 0 Å². The van der Waals surface area contributed by atoms with Gasteiger partial charge in [-0.1, -0.05) is 37.3 Å². The highest BCUT2D eigenvalue weighted by Crippen LogP contribution is 2.38. The minimum absolute atomic E-state index is 0.0596. The Bertz CT molecular complexity index is 1160. The number of fused-ring (bicyclic) bond motifs is 1. The predicted molar refractivity (Wildman–Crippen MR) is 129 cm³/mol. The minimum Gasteiger partial charge on any atom is -0.352 e. The molecule has 5 rings (SSSR count). The third-order valence-corrected chi connectivity index (χ3v) is 6.58. The Labute approximate surface area is 194 Å². The predicted octanol–water partition coefficient (Wildman–Crippen LogP) is 4.17. The van der Waals surface area contributed by atoms with Crippen molar-refractivity contribution in [3.63, 3.8) is 0 Å². The number of pyridine rings is 1. The van der Waals surface area contributed by atoms with Gasteiger partial charge >= 0.3 is 0 Å². The molecule has 0 spiro atoms. The largest absolute Gasteiger partial charge is 0.352 e. The molecule has 1 aromatic heterocycles. The zero-order chi connectivity index (χ0) is 22.8. The van der Waals surface area contributed by atoms with Crippen molar-refractivity contribution in [2.75, 3.05) is 16.8 Å². The van der Waals surface area contributed by atoms with E-state index in [0.29, 0.717) is 18.0 Å². The van der Waals surface area contributed by atoms with Gasteiger partial charge in [0.25, 0.3) is 5.91 Å². The van der Waals surface area contributed by atoms with E-state index in [4.69, 9.17) is 0 Å². The van der Waals surface area contributed by atoms with E-state index in [-0.39, 0.29) is 17.7 Å². The molecule has 1 aliphatic heterocycles. The van der Waals surface area contributed by atoms with E-state index < -0.39 is 0 Å². The number of nitrogens with one attached hydrogen (secondary N) is 2. The molecule has 2 amide bonds. The summed E-state index contributed by atoms with van der Waals surface area (Å²) >= 11 is 0. The summed E-state index contributed by atoms with van der Waals surface area (Å²) < 4.78 is 0. The van der Waals surface area contributed by atoms with Crippen LogP contribution in [-0.4, -0.2) is 23.3 Å². The maximum absolute atomic E-state index is 12.5. The van der Waals surface area contributed by atoms with Crippen molar-refractivity contribution in [1.82, 2.24) is 10.3 Å². The van der Waals surface area contributed by atoms with Crippen molar-refractivity contribution in [3.05, 3.63) is 89.1 Å². The lowest BCUT2D eigenvalue weighted by Crippen LogP contribution is -2.31. The smallest absolute Gasteiger partial charge is 0.251 e. The lowest BCUT2D eigenvalue weighted by Gasteiger charge is -2.29. The second-order valence-corrected chi connectivity index (χ2v) is 9.03. The molecule has 168 valence electrons. The van der Waals surface area contributed by atoms with Gasteiger partial charge in [0, 0.05) is 43.0 Å². The highest BCUT2D eigenvalue weighted by atomic mass is 16.2. The Morgan fingerprint density at radius 1 is 1.03 bits per heavy atom. The maximum atomic E-state index is 12.5. The molecule has 2 atom stereocenters. The SMILES string of the molecule is CC1CC1C(=O)Nc1ccc(C(=O)NCc2ccc(N3CCc4ccccc4C3)nc2)cc1. The number of carbonyl (C=O) groups is 2. The summed E-state index contributed by atoms with van der Waals surface area (Å²) in [7, 11) is 0. The number of rotatable bonds is 6. The average molecular weight is 441 g/mol. The Kier molecular flexibility index (Phi) is 5.82. The Hall–Kier alpha value is -3.67. The van der Waals surface area contributed by atoms with Gasteiger partial charge in [-0.2, -0.15) is 0 Å². The molecular weight excluding hydrogens is 412 g/mol. The quantitative estimate of drug-likeness (QED) is 0.603. The first-order valence-corrected chi connectivity index (χ1v) is 11.5. The highest BCUT2D eigenvalue weighted by Gasteiger charge is 2.39. The number of carbonyl (C=O) groups excluding carboxylic acids is 2. The van der Waals surface area contributed by atoms with Crippen LogP contribution in [-0.2, 0) is 24.3 Å². The number of anilines is 2. The normalized spacial score (nSPS) is 18.9. The molecule has 1 saturated carbocycles. The zero-order valence-corrected chi connectivity index (χ0v) is 18.8. The van der Waals surface area contributed by atoms with E-state index in [0.717, 1.165) is 43.0 Å². The summed E-state index contributed by atoms with van der Waals surface area (Å²) in [6, 6.07) is 19.6. The molecule has 1 fully saturated rings. The van der Waals surface area contributed by atoms with Crippen LogP contribution in [0.1, 0.15) is 40.4 Å². The Balaban J connectivity index is 1.13. The number of aromatic nitrogens is 1. The fourth-order valence-corrected chi connectivity index (χ4v) is 4.31. The number of benzene rings is 2. The molecule has 2 aromatic carbocycles. The molecule has 3 aromatic rings. The van der Waals surface area contributed by atoms with E-state index in [1.165, 1.54) is 11.1 Å². The van der Waals surface area contributed by atoms with E-state index in [1.807, 2.05) is 18.3 Å². The third kappa shape index (κ3) is 4.90. The molecule has 33 heavy (non-hydrogen) atoms. The van der Waals surface area contributed by atoms with Gasteiger partial charge in [0.05, 0.1) is 0 Å². The van der Waals surface area contributed by atoms with Crippen LogP contribution in [0.3, 0.4) is 0 Å². The van der Waals surface area contributed by atoms with Gasteiger partial charge in [-0.15, -0.1) is 0 Å².